The predicted molar refractivity (Wildman–Crippen MR) is 58.5 cm³/mol. The van der Waals surface area contributed by atoms with Gasteiger partial charge in [0.25, 0.3) is 0 Å². The van der Waals surface area contributed by atoms with Gasteiger partial charge in [-0.3, -0.25) is 0 Å². The van der Waals surface area contributed by atoms with E-state index in [0.717, 1.165) is 0 Å². The zero-order valence-electron chi connectivity index (χ0n) is 8.07. The minimum Gasteiger partial charge on any atom is -0.419 e. The Bertz CT molecular complexity index is 161. The lowest BCUT2D eigenvalue weighted by Gasteiger charge is -2.35. The Morgan fingerprint density at radius 3 is 1.82 bits per heavy atom. The normalized spacial score (nSPS) is 12.4. The van der Waals surface area contributed by atoms with E-state index in [1.165, 1.54) is 0 Å². The van der Waals surface area contributed by atoms with Crippen molar-refractivity contribution in [3.05, 3.63) is 25.1 Å². The van der Waals surface area contributed by atoms with Crippen LogP contribution in [-0.4, -0.2) is 15.3 Å². The van der Waals surface area contributed by atoms with Gasteiger partial charge in [0.2, 0.25) is 0 Å². The highest BCUT2D eigenvalue weighted by atomic mass is 29.3. The maximum atomic E-state index is 3.90. The van der Waals surface area contributed by atoms with Crippen LogP contribution < -0.4 is 4.98 Å². The summed E-state index contributed by atoms with van der Waals surface area (Å²) in [5.74, 6) is 0. The van der Waals surface area contributed by atoms with Gasteiger partial charge in [-0.2, -0.15) is 0 Å². The highest BCUT2D eigenvalue weighted by Gasteiger charge is 2.38. The van der Waals surface area contributed by atoms with Crippen molar-refractivity contribution in [1.82, 2.24) is 4.98 Å². The molecule has 0 saturated carbocycles. The zero-order valence-corrected chi connectivity index (χ0v) is 10.1. The monoisotopic (exact) mass is 185 g/mol. The fraction of sp³-hybridized carbons (Fsp3) is 0.500. The molecule has 0 spiro atoms. The van der Waals surface area contributed by atoms with E-state index >= 15 is 0 Å². The maximum absolute atomic E-state index is 3.90. The highest BCUT2D eigenvalue weighted by Crippen LogP contribution is 2.16. The van der Waals surface area contributed by atoms with Crippen molar-refractivity contribution in [2.24, 2.45) is 0 Å². The molecule has 0 aromatic rings. The second kappa shape index (κ2) is 3.41. The summed E-state index contributed by atoms with van der Waals surface area (Å²) in [5.41, 5.74) is 2.16. The van der Waals surface area contributed by atoms with Crippen molar-refractivity contribution in [3.8, 4) is 0 Å². The first-order valence-corrected chi connectivity index (χ1v) is 11.0. The summed E-state index contributed by atoms with van der Waals surface area (Å²) < 4.78 is 0. The SMILES string of the molecule is C=CN[Si](C)(C)[Si](C)(C)C=C. The van der Waals surface area contributed by atoms with Crippen LogP contribution in [0.15, 0.2) is 25.1 Å². The molecule has 3 heteroatoms. The summed E-state index contributed by atoms with van der Waals surface area (Å²) in [6.45, 7) is 17.0. The summed E-state index contributed by atoms with van der Waals surface area (Å²) in [6.07, 6.45) is 1.82. The molecule has 0 aliphatic rings. The lowest BCUT2D eigenvalue weighted by Crippen LogP contribution is -2.62. The quantitative estimate of drug-likeness (QED) is 0.663. The second-order valence-electron chi connectivity index (χ2n) is 3.90. The first kappa shape index (κ1) is 10.7. The van der Waals surface area contributed by atoms with Gasteiger partial charge in [0, 0.05) is 0 Å². The Morgan fingerprint density at radius 2 is 1.55 bits per heavy atom. The second-order valence-corrected chi connectivity index (χ2v) is 18.9. The van der Waals surface area contributed by atoms with Crippen molar-refractivity contribution in [1.29, 1.82) is 0 Å². The first-order chi connectivity index (χ1) is 4.87. The standard InChI is InChI=1S/C8H19NSi2/c1-7-9-11(5,6)10(3,4)8-2/h7-9H,1-2H2,3-6H3. The van der Waals surface area contributed by atoms with Crippen molar-refractivity contribution >= 4 is 15.3 Å². The average molecular weight is 185 g/mol. The van der Waals surface area contributed by atoms with Gasteiger partial charge >= 0.3 is 0 Å². The summed E-state index contributed by atoms with van der Waals surface area (Å²) in [7, 11) is -2.48. The molecule has 1 nitrogen and oxygen atoms in total. The molecular formula is C8H19NSi2. The summed E-state index contributed by atoms with van der Waals surface area (Å²) in [5, 5.41) is 0. The van der Waals surface area contributed by atoms with E-state index in [9.17, 15) is 0 Å². The van der Waals surface area contributed by atoms with Crippen molar-refractivity contribution < 1.29 is 0 Å². The summed E-state index contributed by atoms with van der Waals surface area (Å²) in [6, 6.07) is 0. The van der Waals surface area contributed by atoms with Crippen molar-refractivity contribution in [2.45, 2.75) is 26.2 Å². The molecule has 0 atom stereocenters. The lowest BCUT2D eigenvalue weighted by atomic mass is 11.1. The number of nitrogens with one attached hydrogen (secondary N) is 1. The maximum Gasteiger partial charge on any atom is 0.139 e. The van der Waals surface area contributed by atoms with E-state index in [2.05, 4.69) is 50.0 Å². The molecule has 11 heavy (non-hydrogen) atoms. The van der Waals surface area contributed by atoms with Gasteiger partial charge in [-0.25, -0.2) is 0 Å². The largest absolute Gasteiger partial charge is 0.419 e. The van der Waals surface area contributed by atoms with Crippen LogP contribution in [0, 0.1) is 0 Å². The molecule has 0 aromatic carbocycles. The Morgan fingerprint density at radius 1 is 1.09 bits per heavy atom. The number of hydrogen-bond donors (Lipinski definition) is 1. The first-order valence-electron chi connectivity index (χ1n) is 3.89. The minimum atomic E-state index is -1.28. The third kappa shape index (κ3) is 2.34. The molecule has 0 aliphatic heterocycles. The molecule has 0 bridgehead atoms. The van der Waals surface area contributed by atoms with Gasteiger partial charge in [-0.05, 0) is 6.20 Å². The van der Waals surface area contributed by atoms with Crippen LogP contribution in [-0.2, 0) is 0 Å². The van der Waals surface area contributed by atoms with Crippen LogP contribution in [0.5, 0.6) is 0 Å². The predicted octanol–water partition coefficient (Wildman–Crippen LogP) is 2.44. The molecule has 1 N–H and O–H groups in total. The van der Waals surface area contributed by atoms with Gasteiger partial charge in [0.05, 0.1) is 7.59 Å². The molecule has 0 aromatic heterocycles. The van der Waals surface area contributed by atoms with Crippen LogP contribution in [0.3, 0.4) is 0 Å². The third-order valence-electron chi connectivity index (χ3n) is 2.58. The van der Waals surface area contributed by atoms with E-state index in [-0.39, 0.29) is 0 Å². The van der Waals surface area contributed by atoms with Crippen molar-refractivity contribution in [3.63, 3.8) is 0 Å². The molecule has 0 fully saturated rings. The fourth-order valence-corrected chi connectivity index (χ4v) is 5.04. The average Bonchev–Trinajstić information content (AvgIpc) is 1.87. The van der Waals surface area contributed by atoms with E-state index in [4.69, 9.17) is 0 Å². The van der Waals surface area contributed by atoms with Crippen LogP contribution >= 0.6 is 0 Å². The molecule has 0 unspecified atom stereocenters. The van der Waals surface area contributed by atoms with Crippen LogP contribution in [0.4, 0.5) is 0 Å². The number of hydrogen-bond acceptors (Lipinski definition) is 1. The Labute approximate surface area is 72.1 Å². The molecule has 0 aliphatic carbocycles. The molecular weight excluding hydrogens is 166 g/mol. The van der Waals surface area contributed by atoms with E-state index in [1.54, 1.807) is 0 Å². The minimum absolute atomic E-state index is 1.21. The smallest absolute Gasteiger partial charge is 0.139 e. The van der Waals surface area contributed by atoms with Crippen LogP contribution in [0.25, 0.3) is 0 Å². The topological polar surface area (TPSA) is 12.0 Å². The molecule has 0 saturated heterocycles. The van der Waals surface area contributed by atoms with Crippen LogP contribution in [0.1, 0.15) is 0 Å². The Kier molecular flexibility index (Phi) is 3.32. The van der Waals surface area contributed by atoms with E-state index in [0.29, 0.717) is 0 Å². The van der Waals surface area contributed by atoms with Crippen molar-refractivity contribution in [2.75, 3.05) is 0 Å². The van der Waals surface area contributed by atoms with Gasteiger partial charge < -0.3 is 4.98 Å². The zero-order chi connectivity index (χ0) is 9.12. The Balaban J connectivity index is 4.50. The van der Waals surface area contributed by atoms with E-state index in [1.807, 2.05) is 6.20 Å². The third-order valence-corrected chi connectivity index (χ3v) is 18.5. The highest BCUT2D eigenvalue weighted by molar-refractivity contribution is 7.41. The summed E-state index contributed by atoms with van der Waals surface area (Å²) in [4.78, 5) is 3.41. The fourth-order valence-electron chi connectivity index (χ4n) is 0.696. The molecule has 0 amide bonds. The lowest BCUT2D eigenvalue weighted by molar-refractivity contribution is 1.29. The van der Waals surface area contributed by atoms with Crippen LogP contribution in [0.2, 0.25) is 26.2 Å². The van der Waals surface area contributed by atoms with Gasteiger partial charge in [0.15, 0.2) is 0 Å². The van der Waals surface area contributed by atoms with Gasteiger partial charge in [-0.1, -0.05) is 32.8 Å². The Hall–Kier alpha value is -0.286. The summed E-state index contributed by atoms with van der Waals surface area (Å²) >= 11 is 0. The molecule has 0 rings (SSSR count). The van der Waals surface area contributed by atoms with E-state index < -0.39 is 15.3 Å². The number of rotatable bonds is 4. The van der Waals surface area contributed by atoms with Gasteiger partial charge in [-0.15, -0.1) is 12.3 Å². The molecule has 0 radical (unpaired) electrons. The molecule has 0 heterocycles. The molecule has 64 valence electrons. The van der Waals surface area contributed by atoms with Gasteiger partial charge in [0.1, 0.15) is 7.75 Å².